The van der Waals surface area contributed by atoms with Gasteiger partial charge in [0.2, 0.25) is 0 Å². The third-order valence-corrected chi connectivity index (χ3v) is 2.46. The summed E-state index contributed by atoms with van der Waals surface area (Å²) in [5, 5.41) is 3.31. The minimum Gasteiger partial charge on any atom is -0.466 e. The third kappa shape index (κ3) is 3.77. The van der Waals surface area contributed by atoms with Crippen LogP contribution in [-0.4, -0.2) is 42.6 Å². The molecule has 2 N–H and O–H groups in total. The molecular weight excluding hydrogens is 307 g/mol. The van der Waals surface area contributed by atoms with E-state index in [4.69, 9.17) is 0 Å². The number of alkyl halides is 3. The first-order valence-electron chi connectivity index (χ1n) is 6.06. The summed E-state index contributed by atoms with van der Waals surface area (Å²) in [4.78, 5) is 26.8. The zero-order chi connectivity index (χ0) is 16.8. The number of hydrogen-bond acceptors (Lipinski definition) is 6. The molecule has 0 fully saturated rings. The minimum absolute atomic E-state index is 0.176. The molecule has 1 aromatic rings. The maximum absolute atomic E-state index is 13.4. The van der Waals surface area contributed by atoms with E-state index in [0.29, 0.717) is 0 Å². The van der Waals surface area contributed by atoms with Crippen LogP contribution in [0.3, 0.4) is 0 Å². The zero-order valence-corrected chi connectivity index (χ0v) is 11.7. The predicted molar refractivity (Wildman–Crippen MR) is 68.8 cm³/mol. The number of hydrogen-bond donors (Lipinski definition) is 2. The van der Waals surface area contributed by atoms with Crippen molar-refractivity contribution in [2.45, 2.75) is 18.8 Å². The van der Waals surface area contributed by atoms with Crippen LogP contribution in [0.2, 0.25) is 0 Å². The van der Waals surface area contributed by atoms with E-state index in [1.807, 2.05) is 5.32 Å². The van der Waals surface area contributed by atoms with Crippen molar-refractivity contribution < 1.29 is 32.2 Å². The van der Waals surface area contributed by atoms with Gasteiger partial charge < -0.3 is 14.8 Å². The Labute approximate surface area is 123 Å². The highest BCUT2D eigenvalue weighted by atomic mass is 19.4. The van der Waals surface area contributed by atoms with E-state index < -0.39 is 23.9 Å². The molecule has 0 spiro atoms. The smallest absolute Gasteiger partial charge is 0.442 e. The average molecular weight is 321 g/mol. The minimum atomic E-state index is -5.22. The molecule has 22 heavy (non-hydrogen) atoms. The molecular formula is C12H14F3N3O4. The summed E-state index contributed by atoms with van der Waals surface area (Å²) in [7, 11) is 0.760. The number of aromatic nitrogens is 1. The zero-order valence-electron chi connectivity index (χ0n) is 11.7. The number of ether oxygens (including phenoxy) is 2. The summed E-state index contributed by atoms with van der Waals surface area (Å²) in [5.74, 6) is -2.05. The molecule has 0 aliphatic rings. The SMILES string of the molecule is CCOC(=O)N[C@@](Nc1ccccn1)(C(=O)OC)C(F)(F)F. The highest BCUT2D eigenvalue weighted by Gasteiger charge is 2.64. The van der Waals surface area contributed by atoms with Crippen LogP contribution >= 0.6 is 0 Å². The molecule has 0 aromatic carbocycles. The van der Waals surface area contributed by atoms with E-state index in [-0.39, 0.29) is 12.4 Å². The van der Waals surface area contributed by atoms with Crippen LogP contribution < -0.4 is 10.6 Å². The molecule has 1 amide bonds. The first-order chi connectivity index (χ1) is 10.3. The second kappa shape index (κ2) is 6.96. The number of anilines is 1. The van der Waals surface area contributed by atoms with Crippen LogP contribution in [0.1, 0.15) is 6.92 Å². The van der Waals surface area contributed by atoms with Crippen LogP contribution in [0.15, 0.2) is 24.4 Å². The Morgan fingerprint density at radius 1 is 1.32 bits per heavy atom. The number of esters is 1. The molecule has 0 unspecified atom stereocenters. The summed E-state index contributed by atoms with van der Waals surface area (Å²) >= 11 is 0. The van der Waals surface area contributed by atoms with Gasteiger partial charge in [-0.3, -0.25) is 5.32 Å². The van der Waals surface area contributed by atoms with E-state index >= 15 is 0 Å². The molecule has 1 rings (SSSR count). The third-order valence-electron chi connectivity index (χ3n) is 2.46. The van der Waals surface area contributed by atoms with E-state index in [0.717, 1.165) is 7.11 Å². The standard InChI is InChI=1S/C12H14F3N3O4/c1-3-22-10(20)18-11(9(19)21-2,12(13,14)15)17-8-6-4-5-7-16-8/h4-7H,3H2,1-2H3,(H,16,17)(H,18,20)/t11-/m0/s1. The number of carbonyl (C=O) groups is 2. The van der Waals surface area contributed by atoms with Crippen molar-refractivity contribution in [1.82, 2.24) is 10.3 Å². The monoisotopic (exact) mass is 321 g/mol. The lowest BCUT2D eigenvalue weighted by atomic mass is 10.1. The number of methoxy groups -OCH3 is 1. The Balaban J connectivity index is 3.26. The molecule has 1 heterocycles. The van der Waals surface area contributed by atoms with Gasteiger partial charge in [0, 0.05) is 6.20 Å². The number of nitrogens with zero attached hydrogens (tertiary/aromatic N) is 1. The van der Waals surface area contributed by atoms with Gasteiger partial charge in [0.05, 0.1) is 13.7 Å². The van der Waals surface area contributed by atoms with Gasteiger partial charge in [0.1, 0.15) is 5.82 Å². The predicted octanol–water partition coefficient (Wildman–Crippen LogP) is 1.67. The normalized spacial score (nSPS) is 13.7. The molecule has 0 bridgehead atoms. The summed E-state index contributed by atoms with van der Waals surface area (Å²) in [6.45, 7) is 1.23. The maximum atomic E-state index is 13.4. The molecule has 1 atom stereocenters. The number of rotatable bonds is 5. The van der Waals surface area contributed by atoms with Gasteiger partial charge in [0.15, 0.2) is 0 Å². The highest BCUT2D eigenvalue weighted by molar-refractivity contribution is 5.89. The molecule has 0 aliphatic heterocycles. The highest BCUT2D eigenvalue weighted by Crippen LogP contribution is 2.32. The van der Waals surface area contributed by atoms with Crippen molar-refractivity contribution in [3.05, 3.63) is 24.4 Å². The summed E-state index contributed by atoms with van der Waals surface area (Å²) in [6, 6.07) is 4.06. The van der Waals surface area contributed by atoms with E-state index in [9.17, 15) is 22.8 Å². The number of pyridine rings is 1. The van der Waals surface area contributed by atoms with Crippen LogP contribution in [0, 0.1) is 0 Å². The molecule has 122 valence electrons. The van der Waals surface area contributed by atoms with E-state index in [2.05, 4.69) is 14.5 Å². The lowest BCUT2D eigenvalue weighted by Gasteiger charge is -2.34. The first kappa shape index (κ1) is 17.5. The number of alkyl carbamates (subject to hydrolysis) is 1. The Morgan fingerprint density at radius 3 is 2.45 bits per heavy atom. The van der Waals surface area contributed by atoms with Gasteiger partial charge in [-0.2, -0.15) is 13.2 Å². The molecule has 0 aliphatic carbocycles. The van der Waals surface area contributed by atoms with Gasteiger partial charge in [-0.25, -0.2) is 14.6 Å². The van der Waals surface area contributed by atoms with Gasteiger partial charge in [0.25, 0.3) is 0 Å². The summed E-state index contributed by atoms with van der Waals surface area (Å²) in [5.41, 5.74) is -3.53. The fourth-order valence-electron chi connectivity index (χ4n) is 1.49. The van der Waals surface area contributed by atoms with Crippen molar-refractivity contribution in [1.29, 1.82) is 0 Å². The fourth-order valence-corrected chi connectivity index (χ4v) is 1.49. The topological polar surface area (TPSA) is 89.5 Å². The largest absolute Gasteiger partial charge is 0.466 e. The van der Waals surface area contributed by atoms with Crippen LogP contribution in [0.4, 0.5) is 23.8 Å². The molecule has 1 aromatic heterocycles. The van der Waals surface area contributed by atoms with E-state index in [1.165, 1.54) is 36.6 Å². The lowest BCUT2D eigenvalue weighted by Crippen LogP contribution is -2.69. The van der Waals surface area contributed by atoms with Crippen LogP contribution in [0.5, 0.6) is 0 Å². The quantitative estimate of drug-likeness (QED) is 0.633. The molecule has 0 saturated carbocycles. The van der Waals surface area contributed by atoms with Gasteiger partial charge >= 0.3 is 23.9 Å². The Kier molecular flexibility index (Phi) is 5.55. The molecule has 0 radical (unpaired) electrons. The lowest BCUT2D eigenvalue weighted by molar-refractivity contribution is -0.203. The van der Waals surface area contributed by atoms with Crippen molar-refractivity contribution in [2.24, 2.45) is 0 Å². The second-order valence-corrected chi connectivity index (χ2v) is 3.92. The second-order valence-electron chi connectivity index (χ2n) is 3.92. The average Bonchev–Trinajstić information content (AvgIpc) is 2.45. The molecule has 0 saturated heterocycles. The Hall–Kier alpha value is -2.52. The van der Waals surface area contributed by atoms with Crippen LogP contribution in [0.25, 0.3) is 0 Å². The van der Waals surface area contributed by atoms with Gasteiger partial charge in [-0.05, 0) is 19.1 Å². The first-order valence-corrected chi connectivity index (χ1v) is 6.06. The van der Waals surface area contributed by atoms with Crippen molar-refractivity contribution in [3.8, 4) is 0 Å². The van der Waals surface area contributed by atoms with Crippen molar-refractivity contribution in [2.75, 3.05) is 19.0 Å². The molecule has 10 heteroatoms. The number of amides is 1. The van der Waals surface area contributed by atoms with Crippen molar-refractivity contribution >= 4 is 17.9 Å². The fraction of sp³-hybridized carbons (Fsp3) is 0.417. The van der Waals surface area contributed by atoms with E-state index in [1.54, 1.807) is 0 Å². The number of nitrogens with one attached hydrogen (secondary N) is 2. The summed E-state index contributed by atoms with van der Waals surface area (Å²) < 4.78 is 48.9. The maximum Gasteiger partial charge on any atom is 0.442 e. The Morgan fingerprint density at radius 2 is 2.00 bits per heavy atom. The molecule has 7 nitrogen and oxygen atoms in total. The van der Waals surface area contributed by atoms with Crippen molar-refractivity contribution in [3.63, 3.8) is 0 Å². The number of carbonyl (C=O) groups excluding carboxylic acids is 2. The van der Waals surface area contributed by atoms with Gasteiger partial charge in [-0.1, -0.05) is 6.07 Å². The number of halogens is 3. The Bertz CT molecular complexity index is 524. The van der Waals surface area contributed by atoms with Crippen LogP contribution in [-0.2, 0) is 14.3 Å². The summed E-state index contributed by atoms with van der Waals surface area (Å²) in [6.07, 6.45) is -5.44. The van der Waals surface area contributed by atoms with Gasteiger partial charge in [-0.15, -0.1) is 0 Å².